The van der Waals surface area contributed by atoms with Gasteiger partial charge in [-0.05, 0) is 22.9 Å². The number of ether oxygens (including phenoxy) is 2. The van der Waals surface area contributed by atoms with Gasteiger partial charge in [0.2, 0.25) is 6.41 Å². The average molecular weight is 259 g/mol. The zero-order valence-electron chi connectivity index (χ0n) is 11.1. The number of fused-ring (bicyclic) bond motifs is 1. The van der Waals surface area contributed by atoms with Gasteiger partial charge in [-0.25, -0.2) is 0 Å². The lowest BCUT2D eigenvalue weighted by Crippen LogP contribution is -2.33. The summed E-state index contributed by atoms with van der Waals surface area (Å²) in [5.41, 5.74) is 0.827. The molecule has 2 aromatic rings. The summed E-state index contributed by atoms with van der Waals surface area (Å²) in [6.45, 7) is 0.356. The molecule has 0 unspecified atom stereocenters. The third kappa shape index (κ3) is 3.10. The first kappa shape index (κ1) is 13.5. The van der Waals surface area contributed by atoms with Crippen LogP contribution < -0.4 is 4.90 Å². The molecule has 19 heavy (non-hydrogen) atoms. The third-order valence-electron chi connectivity index (χ3n) is 3.06. The first-order valence-corrected chi connectivity index (χ1v) is 6.05. The lowest BCUT2D eigenvalue weighted by molar-refractivity contribution is -0.113. The molecule has 0 radical (unpaired) electrons. The van der Waals surface area contributed by atoms with Crippen LogP contribution in [0.2, 0.25) is 0 Å². The first-order valence-electron chi connectivity index (χ1n) is 6.05. The predicted molar refractivity (Wildman–Crippen MR) is 75.2 cm³/mol. The Hall–Kier alpha value is -1.91. The van der Waals surface area contributed by atoms with Crippen molar-refractivity contribution in [2.24, 2.45) is 0 Å². The van der Waals surface area contributed by atoms with Crippen molar-refractivity contribution in [1.29, 1.82) is 0 Å². The van der Waals surface area contributed by atoms with Crippen molar-refractivity contribution < 1.29 is 14.3 Å². The van der Waals surface area contributed by atoms with Gasteiger partial charge in [0.15, 0.2) is 6.29 Å². The standard InChI is InChI=1S/C15H17NO3/c1-18-15(19-2)10-16(11-17)14-8-7-12-5-3-4-6-13(12)9-14/h3-9,11,15H,10H2,1-2H3. The maximum Gasteiger partial charge on any atom is 0.214 e. The maximum atomic E-state index is 11.2. The highest BCUT2D eigenvalue weighted by atomic mass is 16.7. The van der Waals surface area contributed by atoms with E-state index in [1.807, 2.05) is 42.5 Å². The van der Waals surface area contributed by atoms with E-state index in [2.05, 4.69) is 0 Å². The quantitative estimate of drug-likeness (QED) is 0.590. The maximum absolute atomic E-state index is 11.2. The van der Waals surface area contributed by atoms with Gasteiger partial charge >= 0.3 is 0 Å². The second kappa shape index (κ2) is 6.31. The molecular weight excluding hydrogens is 242 g/mol. The highest BCUT2D eigenvalue weighted by molar-refractivity contribution is 5.88. The normalized spacial score (nSPS) is 10.9. The van der Waals surface area contributed by atoms with Crippen LogP contribution in [-0.2, 0) is 14.3 Å². The molecular formula is C15H17NO3. The van der Waals surface area contributed by atoms with E-state index in [-0.39, 0.29) is 0 Å². The summed E-state index contributed by atoms with van der Waals surface area (Å²) in [6.07, 6.45) is 0.353. The Kier molecular flexibility index (Phi) is 4.49. The van der Waals surface area contributed by atoms with Gasteiger partial charge in [-0.2, -0.15) is 0 Å². The van der Waals surface area contributed by atoms with Crippen LogP contribution in [0.1, 0.15) is 0 Å². The van der Waals surface area contributed by atoms with Gasteiger partial charge in [0.1, 0.15) is 0 Å². The van der Waals surface area contributed by atoms with E-state index in [0.717, 1.165) is 22.9 Å². The predicted octanol–water partition coefficient (Wildman–Crippen LogP) is 2.42. The van der Waals surface area contributed by atoms with Gasteiger partial charge in [-0.3, -0.25) is 4.79 Å². The molecule has 4 heteroatoms. The fraction of sp³-hybridized carbons (Fsp3) is 0.267. The Morgan fingerprint density at radius 3 is 2.42 bits per heavy atom. The van der Waals surface area contributed by atoms with E-state index in [1.54, 1.807) is 19.1 Å². The summed E-state index contributed by atoms with van der Waals surface area (Å²) in [7, 11) is 3.11. The number of nitrogens with zero attached hydrogens (tertiary/aromatic N) is 1. The molecule has 0 aliphatic rings. The van der Waals surface area contributed by atoms with Crippen molar-refractivity contribution in [3.05, 3.63) is 42.5 Å². The monoisotopic (exact) mass is 259 g/mol. The van der Waals surface area contributed by atoms with E-state index in [4.69, 9.17) is 9.47 Å². The van der Waals surface area contributed by atoms with Gasteiger partial charge in [-0.15, -0.1) is 0 Å². The summed E-state index contributed by atoms with van der Waals surface area (Å²) in [4.78, 5) is 12.8. The fourth-order valence-corrected chi connectivity index (χ4v) is 1.97. The van der Waals surface area contributed by atoms with Crippen LogP contribution in [0, 0.1) is 0 Å². The number of benzene rings is 2. The van der Waals surface area contributed by atoms with Crippen molar-refractivity contribution in [2.45, 2.75) is 6.29 Å². The minimum atomic E-state index is -0.434. The van der Waals surface area contributed by atoms with Crippen LogP contribution in [0.3, 0.4) is 0 Å². The zero-order valence-corrected chi connectivity index (χ0v) is 11.1. The summed E-state index contributed by atoms with van der Waals surface area (Å²) < 4.78 is 10.2. The van der Waals surface area contributed by atoms with E-state index in [1.165, 1.54) is 0 Å². The summed E-state index contributed by atoms with van der Waals surface area (Å²) in [6, 6.07) is 13.9. The Balaban J connectivity index is 2.27. The molecule has 0 spiro atoms. The molecule has 2 aromatic carbocycles. The highest BCUT2D eigenvalue weighted by Crippen LogP contribution is 2.21. The van der Waals surface area contributed by atoms with Gasteiger partial charge in [0.05, 0.1) is 6.54 Å². The van der Waals surface area contributed by atoms with Crippen molar-refractivity contribution >= 4 is 22.9 Å². The van der Waals surface area contributed by atoms with Crippen LogP contribution >= 0.6 is 0 Å². The number of rotatable bonds is 6. The van der Waals surface area contributed by atoms with Crippen molar-refractivity contribution in [3.63, 3.8) is 0 Å². The molecule has 100 valence electrons. The Morgan fingerprint density at radius 1 is 1.11 bits per heavy atom. The number of methoxy groups -OCH3 is 2. The number of hydrogen-bond donors (Lipinski definition) is 0. The molecule has 0 saturated carbocycles. The number of anilines is 1. The minimum absolute atomic E-state index is 0.356. The summed E-state index contributed by atoms with van der Waals surface area (Å²) in [5, 5.41) is 2.24. The molecule has 2 rings (SSSR count). The number of hydrogen-bond acceptors (Lipinski definition) is 3. The molecule has 0 fully saturated rings. The van der Waals surface area contributed by atoms with Crippen LogP contribution in [0.4, 0.5) is 5.69 Å². The lowest BCUT2D eigenvalue weighted by atomic mass is 10.1. The number of amides is 1. The SMILES string of the molecule is COC(CN(C=O)c1ccc2ccccc2c1)OC. The first-order chi connectivity index (χ1) is 9.28. The molecule has 0 atom stereocenters. The Bertz CT molecular complexity index is 552. The molecule has 0 saturated heterocycles. The van der Waals surface area contributed by atoms with E-state index >= 15 is 0 Å². The van der Waals surface area contributed by atoms with E-state index in [0.29, 0.717) is 6.54 Å². The molecule has 0 aliphatic carbocycles. The second-order valence-electron chi connectivity index (χ2n) is 4.19. The average Bonchev–Trinajstić information content (AvgIpc) is 2.48. The van der Waals surface area contributed by atoms with Crippen LogP contribution in [0.15, 0.2) is 42.5 Å². The van der Waals surface area contributed by atoms with Crippen LogP contribution in [-0.4, -0.2) is 33.5 Å². The fourth-order valence-electron chi connectivity index (χ4n) is 1.97. The minimum Gasteiger partial charge on any atom is -0.354 e. The third-order valence-corrected chi connectivity index (χ3v) is 3.06. The molecule has 0 heterocycles. The molecule has 4 nitrogen and oxygen atoms in total. The zero-order chi connectivity index (χ0) is 13.7. The van der Waals surface area contributed by atoms with Gasteiger partial charge in [-0.1, -0.05) is 30.3 Å². The second-order valence-corrected chi connectivity index (χ2v) is 4.19. The molecule has 0 aliphatic heterocycles. The summed E-state index contributed by atoms with van der Waals surface area (Å²) >= 11 is 0. The van der Waals surface area contributed by atoms with Crippen LogP contribution in [0.5, 0.6) is 0 Å². The van der Waals surface area contributed by atoms with E-state index in [9.17, 15) is 4.79 Å². The topological polar surface area (TPSA) is 38.8 Å². The van der Waals surface area contributed by atoms with Gasteiger partial charge in [0, 0.05) is 19.9 Å². The Labute approximate surface area is 112 Å². The van der Waals surface area contributed by atoms with Gasteiger partial charge in [0.25, 0.3) is 0 Å². The van der Waals surface area contributed by atoms with Crippen molar-refractivity contribution in [1.82, 2.24) is 0 Å². The van der Waals surface area contributed by atoms with Crippen molar-refractivity contribution in [2.75, 3.05) is 25.7 Å². The van der Waals surface area contributed by atoms with E-state index < -0.39 is 6.29 Å². The molecule has 0 N–H and O–H groups in total. The lowest BCUT2D eigenvalue weighted by Gasteiger charge is -2.22. The smallest absolute Gasteiger partial charge is 0.214 e. The summed E-state index contributed by atoms with van der Waals surface area (Å²) in [5.74, 6) is 0. The molecule has 0 aromatic heterocycles. The van der Waals surface area contributed by atoms with Gasteiger partial charge < -0.3 is 14.4 Å². The molecule has 0 bridgehead atoms. The van der Waals surface area contributed by atoms with Crippen LogP contribution in [0.25, 0.3) is 10.8 Å². The largest absolute Gasteiger partial charge is 0.354 e. The molecule has 1 amide bonds. The Morgan fingerprint density at radius 2 is 1.79 bits per heavy atom. The van der Waals surface area contributed by atoms with Crippen molar-refractivity contribution in [3.8, 4) is 0 Å². The number of carbonyl (C=O) groups is 1. The highest BCUT2D eigenvalue weighted by Gasteiger charge is 2.13. The number of carbonyl (C=O) groups excluding carboxylic acids is 1.